The van der Waals surface area contributed by atoms with Crippen LogP contribution in [0.2, 0.25) is 0 Å². The molecule has 3 N–H and O–H groups in total. The fraction of sp³-hybridized carbons (Fsp3) is 0.316. The average Bonchev–Trinajstić information content (AvgIpc) is 3.13. The van der Waals surface area contributed by atoms with E-state index in [-0.39, 0.29) is 30.3 Å². The molecule has 0 aliphatic carbocycles. The molecule has 28 heavy (non-hydrogen) atoms. The number of anilines is 1. The lowest BCUT2D eigenvalue weighted by molar-refractivity contribution is -0.131. The molecular formula is C19H21BrN4O4. The van der Waals surface area contributed by atoms with Gasteiger partial charge in [0, 0.05) is 24.8 Å². The number of urea groups is 1. The predicted molar refractivity (Wildman–Crippen MR) is 107 cm³/mol. The van der Waals surface area contributed by atoms with Crippen LogP contribution in [0.1, 0.15) is 23.4 Å². The number of hydrogen-bond acceptors (Lipinski definition) is 4. The van der Waals surface area contributed by atoms with E-state index in [1.54, 1.807) is 11.0 Å². The second-order valence-electron chi connectivity index (χ2n) is 6.41. The zero-order valence-electron chi connectivity index (χ0n) is 15.1. The van der Waals surface area contributed by atoms with E-state index in [2.05, 4.69) is 31.9 Å². The lowest BCUT2D eigenvalue weighted by atomic mass is 10.1. The summed E-state index contributed by atoms with van der Waals surface area (Å²) in [6.07, 6.45) is 1.32. The summed E-state index contributed by atoms with van der Waals surface area (Å²) in [6, 6.07) is 12.1. The molecule has 0 atom stereocenters. The fourth-order valence-corrected chi connectivity index (χ4v) is 3.24. The first-order chi connectivity index (χ1) is 13.5. The number of piperidine rings is 1. The van der Waals surface area contributed by atoms with Crippen LogP contribution in [-0.4, -0.2) is 48.4 Å². The van der Waals surface area contributed by atoms with Gasteiger partial charge in [-0.05, 0) is 53.0 Å². The fourth-order valence-electron chi connectivity index (χ4n) is 2.94. The number of rotatable bonds is 5. The molecule has 4 amide bonds. The summed E-state index contributed by atoms with van der Waals surface area (Å²) in [5, 5.41) is 8.26. The SMILES string of the molecule is O=C(Nc1ccccc1)NC1CCN(C(=O)CNC(=O)c2ccc(Br)o2)CC1. The molecule has 1 aromatic carbocycles. The van der Waals surface area contributed by atoms with Crippen molar-refractivity contribution in [2.75, 3.05) is 25.0 Å². The van der Waals surface area contributed by atoms with E-state index in [1.165, 1.54) is 6.07 Å². The summed E-state index contributed by atoms with van der Waals surface area (Å²) in [5.74, 6) is -0.452. The van der Waals surface area contributed by atoms with Crippen LogP contribution < -0.4 is 16.0 Å². The van der Waals surface area contributed by atoms with E-state index in [0.717, 1.165) is 5.69 Å². The van der Waals surface area contributed by atoms with Gasteiger partial charge in [0.25, 0.3) is 5.91 Å². The number of halogens is 1. The van der Waals surface area contributed by atoms with Gasteiger partial charge in [-0.1, -0.05) is 18.2 Å². The van der Waals surface area contributed by atoms with Gasteiger partial charge < -0.3 is 25.3 Å². The van der Waals surface area contributed by atoms with Crippen molar-refractivity contribution in [2.24, 2.45) is 0 Å². The number of nitrogens with one attached hydrogen (secondary N) is 3. The summed E-state index contributed by atoms with van der Waals surface area (Å²) < 4.78 is 5.60. The van der Waals surface area contributed by atoms with Crippen molar-refractivity contribution in [3.8, 4) is 0 Å². The minimum absolute atomic E-state index is 0.00261. The maximum atomic E-state index is 12.3. The lowest BCUT2D eigenvalue weighted by Gasteiger charge is -2.32. The van der Waals surface area contributed by atoms with E-state index in [0.29, 0.717) is 30.6 Å². The van der Waals surface area contributed by atoms with Gasteiger partial charge in [0.05, 0.1) is 6.54 Å². The van der Waals surface area contributed by atoms with Crippen LogP contribution in [0.3, 0.4) is 0 Å². The van der Waals surface area contributed by atoms with E-state index in [4.69, 9.17) is 4.42 Å². The average molecular weight is 449 g/mol. The van der Waals surface area contributed by atoms with Gasteiger partial charge in [0.1, 0.15) is 0 Å². The van der Waals surface area contributed by atoms with E-state index in [1.807, 2.05) is 30.3 Å². The number of carbonyl (C=O) groups is 3. The van der Waals surface area contributed by atoms with Crippen LogP contribution in [0, 0.1) is 0 Å². The molecule has 1 aromatic heterocycles. The number of likely N-dealkylation sites (tertiary alicyclic amines) is 1. The molecule has 148 valence electrons. The Morgan fingerprint density at radius 2 is 1.79 bits per heavy atom. The summed E-state index contributed by atoms with van der Waals surface area (Å²) in [7, 11) is 0. The number of carbonyl (C=O) groups excluding carboxylic acids is 3. The third-order valence-corrected chi connectivity index (χ3v) is 4.84. The smallest absolute Gasteiger partial charge is 0.319 e. The topological polar surface area (TPSA) is 104 Å². The number of para-hydroxylation sites is 1. The van der Waals surface area contributed by atoms with Gasteiger partial charge in [-0.3, -0.25) is 9.59 Å². The molecule has 0 radical (unpaired) electrons. The van der Waals surface area contributed by atoms with Crippen LogP contribution in [-0.2, 0) is 4.79 Å². The van der Waals surface area contributed by atoms with Crippen molar-refractivity contribution < 1.29 is 18.8 Å². The molecule has 2 heterocycles. The zero-order valence-corrected chi connectivity index (χ0v) is 16.7. The Morgan fingerprint density at radius 3 is 2.43 bits per heavy atom. The molecule has 0 unspecified atom stereocenters. The monoisotopic (exact) mass is 448 g/mol. The van der Waals surface area contributed by atoms with Crippen molar-refractivity contribution in [2.45, 2.75) is 18.9 Å². The Hall–Kier alpha value is -2.81. The number of benzene rings is 1. The Morgan fingerprint density at radius 1 is 1.07 bits per heavy atom. The molecule has 8 nitrogen and oxygen atoms in total. The highest BCUT2D eigenvalue weighted by atomic mass is 79.9. The zero-order chi connectivity index (χ0) is 19.9. The first kappa shape index (κ1) is 19.9. The Balaban J connectivity index is 1.37. The van der Waals surface area contributed by atoms with Gasteiger partial charge in [0.2, 0.25) is 5.91 Å². The van der Waals surface area contributed by atoms with Crippen LogP contribution in [0.15, 0.2) is 51.6 Å². The van der Waals surface area contributed by atoms with Gasteiger partial charge in [-0.2, -0.15) is 0 Å². The van der Waals surface area contributed by atoms with Crippen molar-refractivity contribution in [3.63, 3.8) is 0 Å². The first-order valence-corrected chi connectivity index (χ1v) is 9.74. The maximum Gasteiger partial charge on any atom is 0.319 e. The van der Waals surface area contributed by atoms with Crippen LogP contribution in [0.25, 0.3) is 0 Å². The summed E-state index contributed by atoms with van der Waals surface area (Å²) in [6.45, 7) is 0.957. The van der Waals surface area contributed by atoms with E-state index in [9.17, 15) is 14.4 Å². The molecule has 0 saturated carbocycles. The highest BCUT2D eigenvalue weighted by Crippen LogP contribution is 2.14. The number of amides is 4. The quantitative estimate of drug-likeness (QED) is 0.653. The van der Waals surface area contributed by atoms with E-state index < -0.39 is 5.91 Å². The molecule has 9 heteroatoms. The van der Waals surface area contributed by atoms with Crippen molar-refractivity contribution in [1.82, 2.24) is 15.5 Å². The Labute approximate surface area is 170 Å². The van der Waals surface area contributed by atoms with Crippen molar-refractivity contribution in [3.05, 3.63) is 52.9 Å². The predicted octanol–water partition coefficient (Wildman–Crippen LogP) is 2.58. The van der Waals surface area contributed by atoms with Crippen LogP contribution in [0.5, 0.6) is 0 Å². The molecule has 0 bridgehead atoms. The van der Waals surface area contributed by atoms with Gasteiger partial charge >= 0.3 is 6.03 Å². The Bertz CT molecular complexity index is 831. The highest BCUT2D eigenvalue weighted by molar-refractivity contribution is 9.10. The third kappa shape index (κ3) is 5.59. The second kappa shape index (κ2) is 9.41. The molecule has 3 rings (SSSR count). The van der Waals surface area contributed by atoms with Gasteiger partial charge in [0.15, 0.2) is 10.4 Å². The largest absolute Gasteiger partial charge is 0.444 e. The molecule has 1 aliphatic heterocycles. The van der Waals surface area contributed by atoms with E-state index >= 15 is 0 Å². The number of hydrogen-bond donors (Lipinski definition) is 3. The number of furan rings is 1. The normalized spacial score (nSPS) is 14.4. The molecule has 1 fully saturated rings. The molecule has 1 aliphatic rings. The van der Waals surface area contributed by atoms with Crippen LogP contribution in [0.4, 0.5) is 10.5 Å². The molecular weight excluding hydrogens is 428 g/mol. The van der Waals surface area contributed by atoms with Crippen LogP contribution >= 0.6 is 15.9 Å². The summed E-state index contributed by atoms with van der Waals surface area (Å²) in [5.41, 5.74) is 0.729. The lowest BCUT2D eigenvalue weighted by Crippen LogP contribution is -2.49. The summed E-state index contributed by atoms with van der Waals surface area (Å²) in [4.78, 5) is 37.9. The van der Waals surface area contributed by atoms with Crippen molar-refractivity contribution in [1.29, 1.82) is 0 Å². The van der Waals surface area contributed by atoms with Crippen molar-refractivity contribution >= 4 is 39.5 Å². The standard InChI is InChI=1S/C19H21BrN4O4/c20-16-7-6-15(28-16)18(26)21-12-17(25)24-10-8-14(9-11-24)23-19(27)22-13-4-2-1-3-5-13/h1-7,14H,8-12H2,(H,21,26)(H2,22,23,27). The molecule has 1 saturated heterocycles. The van der Waals surface area contributed by atoms with Gasteiger partial charge in [-0.15, -0.1) is 0 Å². The minimum atomic E-state index is -0.437. The first-order valence-electron chi connectivity index (χ1n) is 8.95. The number of nitrogens with zero attached hydrogens (tertiary/aromatic N) is 1. The minimum Gasteiger partial charge on any atom is -0.444 e. The second-order valence-corrected chi connectivity index (χ2v) is 7.19. The highest BCUT2D eigenvalue weighted by Gasteiger charge is 2.24. The Kier molecular flexibility index (Phi) is 6.70. The maximum absolute atomic E-state index is 12.3. The molecule has 2 aromatic rings. The summed E-state index contributed by atoms with van der Waals surface area (Å²) >= 11 is 3.13. The third-order valence-electron chi connectivity index (χ3n) is 4.41. The molecule has 0 spiro atoms. The van der Waals surface area contributed by atoms with Gasteiger partial charge in [-0.25, -0.2) is 4.79 Å².